The number of aryl methyl sites for hydroxylation is 1. The van der Waals surface area contributed by atoms with Crippen molar-refractivity contribution in [3.8, 4) is 0 Å². The molecule has 0 aliphatic heterocycles. The lowest BCUT2D eigenvalue weighted by Gasteiger charge is -2.13. The summed E-state index contributed by atoms with van der Waals surface area (Å²) in [6.07, 6.45) is -0.639. The number of carbonyl (C=O) groups is 1. The van der Waals surface area contributed by atoms with Gasteiger partial charge in [-0.25, -0.2) is 0 Å². The van der Waals surface area contributed by atoms with E-state index in [-0.39, 0.29) is 12.5 Å². The number of nitrogens with two attached hydrogens (primary N) is 1. The van der Waals surface area contributed by atoms with Gasteiger partial charge < -0.3 is 15.8 Å². The molecule has 0 aliphatic rings. The number of nitrogens with one attached hydrogen (secondary N) is 1. The van der Waals surface area contributed by atoms with Crippen LogP contribution in [-0.4, -0.2) is 25.7 Å². The Morgan fingerprint density at radius 2 is 2.31 bits per heavy atom. The molecule has 0 bridgehead atoms. The van der Waals surface area contributed by atoms with E-state index in [1.54, 1.807) is 12.1 Å². The minimum absolute atomic E-state index is 0.141. The fourth-order valence-electron chi connectivity index (χ4n) is 1.20. The number of rotatable bonds is 4. The highest BCUT2D eigenvalue weighted by Crippen LogP contribution is 2.20. The van der Waals surface area contributed by atoms with Crippen LogP contribution in [0.3, 0.4) is 0 Å². The molecule has 0 aliphatic carbocycles. The minimum Gasteiger partial charge on any atom is -0.370 e. The van der Waals surface area contributed by atoms with Crippen molar-refractivity contribution in [1.29, 1.82) is 0 Å². The van der Waals surface area contributed by atoms with E-state index in [1.165, 1.54) is 7.11 Å². The molecular formula is C11H15ClN2O2. The van der Waals surface area contributed by atoms with Gasteiger partial charge in [-0.05, 0) is 24.6 Å². The van der Waals surface area contributed by atoms with Gasteiger partial charge in [-0.15, -0.1) is 0 Å². The van der Waals surface area contributed by atoms with Crippen LogP contribution in [0.2, 0.25) is 5.02 Å². The lowest BCUT2D eigenvalue weighted by molar-refractivity contribution is -0.125. The van der Waals surface area contributed by atoms with Crippen LogP contribution in [0.4, 0.5) is 5.69 Å². The van der Waals surface area contributed by atoms with Crippen molar-refractivity contribution in [2.45, 2.75) is 13.0 Å². The predicted molar refractivity (Wildman–Crippen MR) is 64.7 cm³/mol. The standard InChI is InChI=1S/C11H15ClN2O2/c1-7-3-4-8(5-9(7)12)14-11(15)10(6-13)16-2/h3-5,10H,6,13H2,1-2H3,(H,14,15). The maximum absolute atomic E-state index is 11.6. The normalized spacial score (nSPS) is 12.2. The topological polar surface area (TPSA) is 64.3 Å². The van der Waals surface area contributed by atoms with Crippen LogP contribution in [0, 0.1) is 6.92 Å². The van der Waals surface area contributed by atoms with E-state index in [0.717, 1.165) is 5.56 Å². The number of ether oxygens (including phenoxy) is 1. The quantitative estimate of drug-likeness (QED) is 0.842. The summed E-state index contributed by atoms with van der Waals surface area (Å²) < 4.78 is 4.92. The van der Waals surface area contributed by atoms with Gasteiger partial charge in [0.05, 0.1) is 0 Å². The Morgan fingerprint density at radius 3 is 2.81 bits per heavy atom. The highest BCUT2D eigenvalue weighted by atomic mass is 35.5. The first-order chi connectivity index (χ1) is 7.58. The minimum atomic E-state index is -0.639. The summed E-state index contributed by atoms with van der Waals surface area (Å²) in [6, 6.07) is 5.31. The molecule has 3 N–H and O–H groups in total. The molecule has 1 aromatic carbocycles. The summed E-state index contributed by atoms with van der Waals surface area (Å²) >= 11 is 5.94. The molecule has 0 aromatic heterocycles. The third-order valence-corrected chi connectivity index (χ3v) is 2.64. The summed E-state index contributed by atoms with van der Waals surface area (Å²) in [5.74, 6) is -0.273. The lowest BCUT2D eigenvalue weighted by atomic mass is 10.2. The Balaban J connectivity index is 2.73. The van der Waals surface area contributed by atoms with Crippen LogP contribution >= 0.6 is 11.6 Å². The molecule has 1 aromatic rings. The summed E-state index contributed by atoms with van der Waals surface area (Å²) in [5.41, 5.74) is 6.98. The van der Waals surface area contributed by atoms with Crippen LogP contribution in [0.15, 0.2) is 18.2 Å². The molecule has 16 heavy (non-hydrogen) atoms. The van der Waals surface area contributed by atoms with E-state index < -0.39 is 6.10 Å². The number of anilines is 1. The Morgan fingerprint density at radius 1 is 1.62 bits per heavy atom. The first kappa shape index (κ1) is 13.0. The van der Waals surface area contributed by atoms with Crippen molar-refractivity contribution in [1.82, 2.24) is 0 Å². The van der Waals surface area contributed by atoms with E-state index in [0.29, 0.717) is 10.7 Å². The third kappa shape index (κ3) is 3.20. The maximum atomic E-state index is 11.6. The molecule has 1 unspecified atom stereocenters. The number of hydrogen-bond donors (Lipinski definition) is 2. The Hall–Kier alpha value is -1.10. The van der Waals surface area contributed by atoms with E-state index in [4.69, 9.17) is 22.1 Å². The van der Waals surface area contributed by atoms with Crippen molar-refractivity contribution >= 4 is 23.2 Å². The lowest BCUT2D eigenvalue weighted by Crippen LogP contribution is -2.35. The zero-order valence-electron chi connectivity index (χ0n) is 9.29. The summed E-state index contributed by atoms with van der Waals surface area (Å²) in [4.78, 5) is 11.6. The van der Waals surface area contributed by atoms with Gasteiger partial charge in [0, 0.05) is 24.4 Å². The molecule has 0 saturated heterocycles. The maximum Gasteiger partial charge on any atom is 0.254 e. The zero-order valence-corrected chi connectivity index (χ0v) is 10.0. The molecule has 0 fully saturated rings. The highest BCUT2D eigenvalue weighted by molar-refractivity contribution is 6.31. The molecule has 1 rings (SSSR count). The van der Waals surface area contributed by atoms with Crippen molar-refractivity contribution in [2.75, 3.05) is 19.0 Å². The monoisotopic (exact) mass is 242 g/mol. The third-order valence-electron chi connectivity index (χ3n) is 2.23. The average Bonchev–Trinajstić information content (AvgIpc) is 2.25. The van der Waals surface area contributed by atoms with Crippen LogP contribution < -0.4 is 11.1 Å². The van der Waals surface area contributed by atoms with Gasteiger partial charge in [0.1, 0.15) is 6.10 Å². The van der Waals surface area contributed by atoms with E-state index in [2.05, 4.69) is 5.32 Å². The molecular weight excluding hydrogens is 228 g/mol. The van der Waals surface area contributed by atoms with Gasteiger partial charge in [-0.1, -0.05) is 17.7 Å². The second-order valence-corrected chi connectivity index (χ2v) is 3.82. The van der Waals surface area contributed by atoms with E-state index >= 15 is 0 Å². The molecule has 0 radical (unpaired) electrons. The fourth-order valence-corrected chi connectivity index (χ4v) is 1.38. The first-order valence-electron chi connectivity index (χ1n) is 4.88. The van der Waals surface area contributed by atoms with Crippen molar-refractivity contribution in [3.63, 3.8) is 0 Å². The van der Waals surface area contributed by atoms with Crippen molar-refractivity contribution in [2.24, 2.45) is 5.73 Å². The van der Waals surface area contributed by atoms with Crippen LogP contribution in [0.5, 0.6) is 0 Å². The molecule has 4 nitrogen and oxygen atoms in total. The Kier molecular flexibility index (Phi) is 4.73. The summed E-state index contributed by atoms with van der Waals surface area (Å²) in [5, 5.41) is 3.29. The van der Waals surface area contributed by atoms with Crippen LogP contribution in [0.1, 0.15) is 5.56 Å². The molecule has 0 spiro atoms. The van der Waals surface area contributed by atoms with E-state index in [9.17, 15) is 4.79 Å². The van der Waals surface area contributed by atoms with E-state index in [1.807, 2.05) is 13.0 Å². The van der Waals surface area contributed by atoms with Gasteiger partial charge >= 0.3 is 0 Å². The number of benzene rings is 1. The van der Waals surface area contributed by atoms with Gasteiger partial charge in [-0.3, -0.25) is 4.79 Å². The number of carbonyl (C=O) groups excluding carboxylic acids is 1. The molecule has 5 heteroatoms. The zero-order chi connectivity index (χ0) is 12.1. The van der Waals surface area contributed by atoms with Crippen molar-refractivity contribution in [3.05, 3.63) is 28.8 Å². The molecule has 0 saturated carbocycles. The second kappa shape index (κ2) is 5.84. The van der Waals surface area contributed by atoms with Gasteiger partial charge in [0.25, 0.3) is 5.91 Å². The Bertz CT molecular complexity index is 378. The largest absolute Gasteiger partial charge is 0.370 e. The summed E-state index contributed by atoms with van der Waals surface area (Å²) in [6.45, 7) is 2.04. The highest BCUT2D eigenvalue weighted by Gasteiger charge is 2.15. The Labute approximate surface area is 99.7 Å². The van der Waals surface area contributed by atoms with Crippen molar-refractivity contribution < 1.29 is 9.53 Å². The average molecular weight is 243 g/mol. The number of amides is 1. The number of methoxy groups -OCH3 is 1. The van der Waals surface area contributed by atoms with Gasteiger partial charge in [0.2, 0.25) is 0 Å². The summed E-state index contributed by atoms with van der Waals surface area (Å²) in [7, 11) is 1.44. The molecule has 88 valence electrons. The fraction of sp³-hybridized carbons (Fsp3) is 0.364. The smallest absolute Gasteiger partial charge is 0.254 e. The molecule has 1 atom stereocenters. The number of hydrogen-bond acceptors (Lipinski definition) is 3. The SMILES string of the molecule is COC(CN)C(=O)Nc1ccc(C)c(Cl)c1. The predicted octanol–water partition coefficient (Wildman–Crippen LogP) is 1.56. The van der Waals surface area contributed by atoms with Crippen LogP contribution in [0.25, 0.3) is 0 Å². The van der Waals surface area contributed by atoms with Gasteiger partial charge in [-0.2, -0.15) is 0 Å². The molecule has 1 amide bonds. The van der Waals surface area contributed by atoms with Gasteiger partial charge in [0.15, 0.2) is 0 Å². The molecule has 0 heterocycles. The number of halogens is 1. The first-order valence-corrected chi connectivity index (χ1v) is 5.26. The second-order valence-electron chi connectivity index (χ2n) is 3.41. The van der Waals surface area contributed by atoms with Crippen LogP contribution in [-0.2, 0) is 9.53 Å².